The van der Waals surface area contributed by atoms with Crippen molar-refractivity contribution < 1.29 is 22.7 Å². The van der Waals surface area contributed by atoms with Gasteiger partial charge in [-0.2, -0.15) is 23.4 Å². The Hall–Kier alpha value is -3.36. The zero-order chi connectivity index (χ0) is 19.4. The number of alkyl halides is 3. The topological polar surface area (TPSA) is 68.5 Å². The van der Waals surface area contributed by atoms with Gasteiger partial charge in [0.05, 0.1) is 13.3 Å². The van der Waals surface area contributed by atoms with E-state index in [1.54, 1.807) is 6.07 Å². The Morgan fingerprint density at radius 3 is 2.74 bits per heavy atom. The fourth-order valence-electron chi connectivity index (χ4n) is 2.54. The number of halogens is 3. The van der Waals surface area contributed by atoms with Gasteiger partial charge in [-0.1, -0.05) is 30.3 Å². The molecule has 0 unspecified atom stereocenters. The van der Waals surface area contributed by atoms with Crippen molar-refractivity contribution in [1.82, 2.24) is 15.2 Å². The third-order valence-electron chi connectivity index (χ3n) is 3.77. The van der Waals surface area contributed by atoms with Gasteiger partial charge in [0.2, 0.25) is 0 Å². The molecule has 1 N–H and O–H groups in total. The van der Waals surface area contributed by atoms with Crippen LogP contribution in [0, 0.1) is 0 Å². The molecule has 0 spiro atoms. The number of nitrogens with zero attached hydrogens (tertiary/aromatic N) is 3. The second-order valence-corrected chi connectivity index (χ2v) is 5.59. The minimum Gasteiger partial charge on any atom is -0.496 e. The van der Waals surface area contributed by atoms with Crippen molar-refractivity contribution >= 4 is 22.9 Å². The van der Waals surface area contributed by atoms with Crippen LogP contribution in [-0.4, -0.2) is 29.0 Å². The van der Waals surface area contributed by atoms with Crippen LogP contribution in [0.5, 0.6) is 5.75 Å². The molecule has 0 saturated heterocycles. The minimum absolute atomic E-state index is 0.389. The van der Waals surface area contributed by atoms with Crippen LogP contribution in [0.25, 0.3) is 10.8 Å². The smallest absolute Gasteiger partial charge is 0.435 e. The summed E-state index contributed by atoms with van der Waals surface area (Å²) in [5, 5.41) is 9.06. The van der Waals surface area contributed by atoms with Crippen LogP contribution < -0.4 is 10.2 Å². The molecule has 3 aromatic rings. The maximum Gasteiger partial charge on any atom is 0.435 e. The highest BCUT2D eigenvalue weighted by Gasteiger charge is 2.33. The van der Waals surface area contributed by atoms with Gasteiger partial charge in [0, 0.05) is 11.8 Å². The highest BCUT2D eigenvalue weighted by Crippen LogP contribution is 2.27. The molecule has 2 aromatic carbocycles. The van der Waals surface area contributed by atoms with E-state index in [-0.39, 0.29) is 6.54 Å². The molecule has 9 heteroatoms. The molecule has 1 aromatic heterocycles. The predicted molar refractivity (Wildman–Crippen MR) is 93.5 cm³/mol. The summed E-state index contributed by atoms with van der Waals surface area (Å²) in [5.41, 5.74) is 1.90. The third-order valence-corrected chi connectivity index (χ3v) is 3.77. The maximum absolute atomic E-state index is 12.5. The highest BCUT2D eigenvalue weighted by molar-refractivity contribution is 6.02. The zero-order valence-electron chi connectivity index (χ0n) is 14.2. The first kappa shape index (κ1) is 18.4. The van der Waals surface area contributed by atoms with Crippen LogP contribution in [-0.2, 0) is 17.5 Å². The summed E-state index contributed by atoms with van der Waals surface area (Å²) < 4.78 is 43.8. The molecule has 6 nitrogen and oxygen atoms in total. The fraction of sp³-hybridized carbons (Fsp3) is 0.167. The van der Waals surface area contributed by atoms with Crippen molar-refractivity contribution in [2.24, 2.45) is 5.10 Å². The number of carbonyl (C=O) groups excluding carboxylic acids is 1. The minimum atomic E-state index is -4.55. The molecule has 3 rings (SSSR count). The van der Waals surface area contributed by atoms with Gasteiger partial charge in [0.25, 0.3) is 5.91 Å². The summed E-state index contributed by atoms with van der Waals surface area (Å²) in [5.74, 6) is -0.0316. The van der Waals surface area contributed by atoms with Crippen LogP contribution in [0.15, 0.2) is 53.8 Å². The zero-order valence-corrected chi connectivity index (χ0v) is 14.2. The number of nitrogens with one attached hydrogen (secondary N) is 1. The number of fused-ring (bicyclic) bond motifs is 1. The van der Waals surface area contributed by atoms with Gasteiger partial charge >= 0.3 is 6.18 Å². The largest absolute Gasteiger partial charge is 0.496 e. The van der Waals surface area contributed by atoms with Crippen molar-refractivity contribution in [2.45, 2.75) is 12.7 Å². The number of hydrogen-bond donors (Lipinski definition) is 1. The first-order valence-electron chi connectivity index (χ1n) is 7.87. The molecule has 0 bridgehead atoms. The maximum atomic E-state index is 12.5. The molecule has 140 valence electrons. The van der Waals surface area contributed by atoms with Crippen molar-refractivity contribution in [2.75, 3.05) is 7.11 Å². The summed E-state index contributed by atoms with van der Waals surface area (Å²) in [6, 6.07) is 12.1. The first-order valence-corrected chi connectivity index (χ1v) is 7.87. The van der Waals surface area contributed by atoms with Crippen molar-refractivity contribution in [3.8, 4) is 5.75 Å². The van der Waals surface area contributed by atoms with Gasteiger partial charge in [-0.3, -0.25) is 9.48 Å². The Morgan fingerprint density at radius 2 is 2.04 bits per heavy atom. The van der Waals surface area contributed by atoms with Crippen LogP contribution in [0.1, 0.15) is 11.3 Å². The molecule has 1 heterocycles. The standard InChI is InChI=1S/C18H15F3N4O2/c1-27-15-7-6-12-4-2-3-5-13(12)14(15)10-22-23-17(26)11-25-9-8-16(24-25)18(19,20)21/h2-10H,11H2,1H3,(H,23,26)/b22-10+. The van der Waals surface area contributed by atoms with Gasteiger partial charge < -0.3 is 4.74 Å². The normalized spacial score (nSPS) is 11.9. The Bertz CT molecular complexity index is 996. The van der Waals surface area contributed by atoms with E-state index in [1.165, 1.54) is 13.3 Å². The molecule has 0 aliphatic rings. The number of amides is 1. The van der Waals surface area contributed by atoms with Crippen molar-refractivity contribution in [3.05, 3.63) is 59.9 Å². The second kappa shape index (κ2) is 7.48. The van der Waals surface area contributed by atoms with Gasteiger partial charge in [0.15, 0.2) is 5.69 Å². The number of benzene rings is 2. The van der Waals surface area contributed by atoms with Crippen molar-refractivity contribution in [1.29, 1.82) is 0 Å². The molecule has 1 amide bonds. The molecular weight excluding hydrogens is 361 g/mol. The molecule has 27 heavy (non-hydrogen) atoms. The lowest BCUT2D eigenvalue weighted by molar-refractivity contribution is -0.141. The Morgan fingerprint density at radius 1 is 1.26 bits per heavy atom. The summed E-state index contributed by atoms with van der Waals surface area (Å²) in [4.78, 5) is 11.9. The number of carbonyl (C=O) groups is 1. The molecule has 0 atom stereocenters. The highest BCUT2D eigenvalue weighted by atomic mass is 19.4. The second-order valence-electron chi connectivity index (χ2n) is 5.59. The van der Waals surface area contributed by atoms with E-state index < -0.39 is 17.8 Å². The van der Waals surface area contributed by atoms with E-state index in [9.17, 15) is 18.0 Å². The Kier molecular flexibility index (Phi) is 5.11. The van der Waals surface area contributed by atoms with E-state index in [0.29, 0.717) is 11.3 Å². The SMILES string of the molecule is COc1ccc2ccccc2c1/C=N/NC(=O)Cn1ccc(C(F)(F)F)n1. The van der Waals surface area contributed by atoms with Crippen LogP contribution in [0.3, 0.4) is 0 Å². The number of methoxy groups -OCH3 is 1. The van der Waals surface area contributed by atoms with E-state index in [0.717, 1.165) is 27.7 Å². The Balaban J connectivity index is 1.71. The third kappa shape index (κ3) is 4.25. The lowest BCUT2D eigenvalue weighted by atomic mass is 10.0. The predicted octanol–water partition coefficient (Wildman–Crippen LogP) is 3.21. The summed E-state index contributed by atoms with van der Waals surface area (Å²) >= 11 is 0. The average molecular weight is 376 g/mol. The summed E-state index contributed by atoms with van der Waals surface area (Å²) in [6.45, 7) is -0.389. The van der Waals surface area contributed by atoms with Gasteiger partial charge in [-0.15, -0.1) is 0 Å². The van der Waals surface area contributed by atoms with Crippen LogP contribution in [0.2, 0.25) is 0 Å². The van der Waals surface area contributed by atoms with Crippen LogP contribution in [0.4, 0.5) is 13.2 Å². The molecule has 0 saturated carbocycles. The molecule has 0 radical (unpaired) electrons. The lowest BCUT2D eigenvalue weighted by Gasteiger charge is -2.08. The van der Waals surface area contributed by atoms with Crippen molar-refractivity contribution in [3.63, 3.8) is 0 Å². The number of rotatable bonds is 5. The monoisotopic (exact) mass is 376 g/mol. The molecule has 0 aliphatic heterocycles. The number of hydrogen-bond acceptors (Lipinski definition) is 4. The summed E-state index contributed by atoms with van der Waals surface area (Å²) in [6.07, 6.45) is -2.03. The molecule has 0 fully saturated rings. The van der Waals surface area contributed by atoms with E-state index in [4.69, 9.17) is 4.74 Å². The van der Waals surface area contributed by atoms with E-state index in [2.05, 4.69) is 15.6 Å². The number of hydrazone groups is 1. The van der Waals surface area contributed by atoms with E-state index >= 15 is 0 Å². The van der Waals surface area contributed by atoms with E-state index in [1.807, 2.05) is 30.3 Å². The number of ether oxygens (including phenoxy) is 1. The number of aromatic nitrogens is 2. The van der Waals surface area contributed by atoms with Gasteiger partial charge in [0.1, 0.15) is 12.3 Å². The molecular formula is C18H15F3N4O2. The quantitative estimate of drug-likeness (QED) is 0.549. The summed E-state index contributed by atoms with van der Waals surface area (Å²) in [7, 11) is 1.52. The Labute approximate surface area is 152 Å². The van der Waals surface area contributed by atoms with Gasteiger partial charge in [-0.25, -0.2) is 5.43 Å². The first-order chi connectivity index (χ1) is 12.9. The van der Waals surface area contributed by atoms with Gasteiger partial charge in [-0.05, 0) is 22.9 Å². The lowest BCUT2D eigenvalue weighted by Crippen LogP contribution is -2.23. The molecule has 0 aliphatic carbocycles. The van der Waals surface area contributed by atoms with Crippen LogP contribution >= 0.6 is 0 Å². The fourth-order valence-corrected chi connectivity index (χ4v) is 2.54. The average Bonchev–Trinajstić information content (AvgIpc) is 3.10.